The van der Waals surface area contributed by atoms with E-state index in [1.165, 1.54) is 123 Å². The summed E-state index contributed by atoms with van der Waals surface area (Å²) >= 11 is 0. The van der Waals surface area contributed by atoms with Crippen LogP contribution in [0, 0.1) is 0 Å². The van der Waals surface area contributed by atoms with Gasteiger partial charge in [0.15, 0.2) is 67.8 Å². The van der Waals surface area contributed by atoms with Crippen LogP contribution < -0.4 is 5.32 Å². The molecule has 1 N–H and O–H groups in total. The second kappa shape index (κ2) is 12.6. The number of urea groups is 12. The van der Waals surface area contributed by atoms with E-state index in [0.717, 1.165) is 0 Å². The Hall–Kier alpha value is -9.41. The minimum atomic E-state index is -1.29. The second-order valence-corrected chi connectivity index (χ2v) is 23.8. The van der Waals surface area contributed by atoms with Gasteiger partial charge >= 0.3 is 72.4 Å². The predicted molar refractivity (Wildman–Crippen MR) is 240 cm³/mol. The van der Waals surface area contributed by atoms with Gasteiger partial charge in [0.05, 0.1) is 20.0 Å². The third-order valence-corrected chi connectivity index (χ3v) is 21.0. The standard InChI is InChI=1S/C40H42N28O13/c69-14-42-2-45-19-20-51(31(45)72)7-55-23-24-59(36(55)77)11-62-26-28-66-13-64-27-25-60(38(64)79)9-56-22-21-52(35(76)58(22)10-61(25)39(80)67(27)68(28)40(62)81)5-48-18-17-43(29(48)70)1-41-15-16(42)46(30(71)44(15)3-47(17)32(73)50(18)6-54(21)34(56)75)4-49(19)33(74)53(20)8-57(23)37(78)63(24)12-65(26)66/h14-28,41H,1-13H2/t15?,16?,17?,18?,19?,20?,21?,22?,23-,24?,25?,26+,27?,28?/m1/s1. The van der Waals surface area contributed by atoms with Crippen molar-refractivity contribution in [3.05, 3.63) is 0 Å². The molecule has 21 fully saturated rings. The Morgan fingerprint density at radius 3 is 0.889 bits per heavy atom. The van der Waals surface area contributed by atoms with E-state index in [4.69, 9.17) is 0 Å². The van der Waals surface area contributed by atoms with Gasteiger partial charge in [-0.15, -0.1) is 0 Å². The van der Waals surface area contributed by atoms with Crippen molar-refractivity contribution < 1.29 is 62.3 Å². The van der Waals surface area contributed by atoms with E-state index in [1.807, 2.05) is 0 Å². The van der Waals surface area contributed by atoms with Gasteiger partial charge in [-0.05, 0) is 0 Å². The van der Waals surface area contributed by atoms with Crippen LogP contribution in [0.2, 0.25) is 0 Å². The molecule has 0 aliphatic carbocycles. The molecule has 0 aromatic carbocycles. The van der Waals surface area contributed by atoms with E-state index < -0.39 is 225 Å². The van der Waals surface area contributed by atoms with Crippen LogP contribution in [0.15, 0.2) is 0 Å². The van der Waals surface area contributed by atoms with Crippen molar-refractivity contribution in [2.24, 2.45) is 0 Å². The van der Waals surface area contributed by atoms with Crippen LogP contribution in [0.25, 0.3) is 0 Å². The number of nitrogens with one attached hydrogen (secondary N) is 1. The van der Waals surface area contributed by atoms with Gasteiger partial charge in [-0.2, -0.15) is 10.0 Å². The second-order valence-electron chi connectivity index (χ2n) is 23.8. The van der Waals surface area contributed by atoms with Gasteiger partial charge in [-0.3, -0.25) is 118 Å². The van der Waals surface area contributed by atoms with E-state index in [2.05, 4.69) is 5.32 Å². The zero-order chi connectivity index (χ0) is 54.2. The molecule has 0 radical (unpaired) electrons. The Bertz CT molecular complexity index is 3340. The Labute approximate surface area is 451 Å². The molecule has 41 heteroatoms. The SMILES string of the molecule is O=CN1CN2C(=O)N3CN4C(=O)N5CN6C(=O)N7C8[C@@H]6N6CN9C(=O)N(CN%10C(=O)N(CN%11C(=O)N%12CN%13C(=O)N%14CN%15C(=O)N%16CN%17C(=O)N(CN86)C6C%17N(CN8C(=O)N(CN%17C(=O)N(CNC%12C1%11)C%13C%17%14)C%15C%168)C(=O)N67)C2C3%10)[C@@H]4C59. The predicted octanol–water partition coefficient (Wildman–Crippen LogP) is -7.55. The average molecular weight is 1120 g/mol. The molecule has 12 unspecified atom stereocenters. The number of carbonyl (C=O) groups is 13. The topological polar surface area (TPSA) is 321 Å². The zero-order valence-electron chi connectivity index (χ0n) is 41.7. The summed E-state index contributed by atoms with van der Waals surface area (Å²) in [5.74, 6) is 0. The van der Waals surface area contributed by atoms with Crippen LogP contribution in [0.1, 0.15) is 0 Å². The Kier molecular flexibility index (Phi) is 6.63. The molecule has 0 saturated carbocycles. The minimum absolute atomic E-state index is 0.231. The number of nitrogens with zero attached hydrogens (tertiary/aromatic N) is 27. The molecular formula is C40H42N28O13. The monoisotopic (exact) mass is 1120 g/mol. The van der Waals surface area contributed by atoms with Crippen molar-refractivity contribution in [2.75, 3.05) is 86.7 Å². The largest absolute Gasteiger partial charge is 0.344 e. The van der Waals surface area contributed by atoms with E-state index in [0.29, 0.717) is 6.41 Å². The van der Waals surface area contributed by atoms with Crippen molar-refractivity contribution in [2.45, 2.75) is 86.3 Å². The lowest BCUT2D eigenvalue weighted by atomic mass is 10.2. The van der Waals surface area contributed by atoms with Crippen LogP contribution in [0.3, 0.4) is 0 Å². The molecular weight excluding hydrogens is 1080 g/mol. The first-order chi connectivity index (χ1) is 39.2. The summed E-state index contributed by atoms with van der Waals surface area (Å²) in [4.78, 5) is 228. The number of amides is 25. The first-order valence-electron chi connectivity index (χ1n) is 26.6. The number of fused-ring (bicyclic) bond motifs is 2. The molecule has 0 aromatic heterocycles. The minimum Gasteiger partial charge on any atom is -0.303 e. The fourth-order valence-electron chi connectivity index (χ4n) is 17.8. The summed E-state index contributed by atoms with van der Waals surface area (Å²) in [6.07, 6.45) is -15.6. The van der Waals surface area contributed by atoms with Crippen LogP contribution in [-0.2, 0) is 4.79 Å². The highest BCUT2D eigenvalue weighted by Gasteiger charge is 2.78. The fourth-order valence-corrected chi connectivity index (χ4v) is 17.8. The van der Waals surface area contributed by atoms with E-state index in [9.17, 15) is 4.79 Å². The Morgan fingerprint density at radius 2 is 0.494 bits per heavy atom. The summed E-state index contributed by atoms with van der Waals surface area (Å²) in [5.41, 5.74) is 0. The number of rotatable bonds is 1. The van der Waals surface area contributed by atoms with Crippen LogP contribution >= 0.6 is 0 Å². The molecule has 41 nitrogen and oxygen atoms in total. The molecule has 21 rings (SSSR count). The van der Waals surface area contributed by atoms with Gasteiger partial charge in [-0.1, -0.05) is 0 Å². The third-order valence-electron chi connectivity index (χ3n) is 21.0. The molecule has 25 amide bonds. The van der Waals surface area contributed by atoms with Gasteiger partial charge in [0.2, 0.25) is 6.41 Å². The van der Waals surface area contributed by atoms with Crippen LogP contribution in [-0.4, -0.2) is 385 Å². The quantitative estimate of drug-likeness (QED) is 0.239. The molecule has 0 aromatic rings. The van der Waals surface area contributed by atoms with Crippen LogP contribution in [0.5, 0.6) is 0 Å². The molecule has 420 valence electrons. The molecule has 14 atom stereocenters. The lowest BCUT2D eigenvalue weighted by Crippen LogP contribution is -2.79. The lowest BCUT2D eigenvalue weighted by Gasteiger charge is -2.57. The van der Waals surface area contributed by atoms with Gasteiger partial charge in [0.1, 0.15) is 85.2 Å². The van der Waals surface area contributed by atoms with E-state index >= 15 is 57.5 Å². The highest BCUT2D eigenvalue weighted by molar-refractivity contribution is 5.94. The maximum Gasteiger partial charge on any atom is 0.344 e. The smallest absolute Gasteiger partial charge is 0.303 e. The van der Waals surface area contributed by atoms with Crippen molar-refractivity contribution in [3.8, 4) is 0 Å². The highest BCUT2D eigenvalue weighted by atomic mass is 16.3. The Balaban J connectivity index is 0.755. The van der Waals surface area contributed by atoms with Crippen molar-refractivity contribution in [3.63, 3.8) is 0 Å². The third kappa shape index (κ3) is 4.07. The maximum atomic E-state index is 15.5. The summed E-state index contributed by atoms with van der Waals surface area (Å²) in [5, 5.41) is 9.17. The summed E-state index contributed by atoms with van der Waals surface area (Å²) in [6.45, 7) is -5.52. The van der Waals surface area contributed by atoms with E-state index in [1.54, 1.807) is 10.0 Å². The molecule has 14 bridgehead atoms. The van der Waals surface area contributed by atoms with Gasteiger partial charge in [0.25, 0.3) is 0 Å². The fraction of sp³-hybridized carbons (Fsp3) is 0.675. The molecule has 21 aliphatic rings. The van der Waals surface area contributed by atoms with Gasteiger partial charge in [-0.25, -0.2) is 67.6 Å². The molecule has 81 heavy (non-hydrogen) atoms. The summed E-state index contributed by atoms with van der Waals surface area (Å²) < 4.78 is 0. The number of hydrazine groups is 2. The molecule has 0 spiro atoms. The van der Waals surface area contributed by atoms with Crippen LogP contribution in [0.4, 0.5) is 57.5 Å². The van der Waals surface area contributed by atoms with Gasteiger partial charge in [0, 0.05) is 0 Å². The average Bonchev–Trinajstić information content (AvgIpc) is 2.43. The first-order valence-corrected chi connectivity index (χ1v) is 26.6. The van der Waals surface area contributed by atoms with E-state index in [-0.39, 0.29) is 20.0 Å². The van der Waals surface area contributed by atoms with Crippen molar-refractivity contribution in [1.29, 1.82) is 0 Å². The lowest BCUT2D eigenvalue weighted by molar-refractivity contribution is -0.291. The highest BCUT2D eigenvalue weighted by Crippen LogP contribution is 2.53. The Morgan fingerprint density at radius 1 is 0.247 bits per heavy atom. The number of carbonyl (C=O) groups excluding carboxylic acids is 13. The molecule has 21 aliphatic heterocycles. The first kappa shape index (κ1) is 42.5. The normalized spacial score (nSPS) is 41.0. The maximum absolute atomic E-state index is 15.5. The van der Waals surface area contributed by atoms with Crippen molar-refractivity contribution in [1.82, 2.24) is 138 Å². The van der Waals surface area contributed by atoms with Gasteiger partial charge < -0.3 is 4.90 Å². The van der Waals surface area contributed by atoms with Crippen molar-refractivity contribution >= 4 is 78.8 Å². The zero-order valence-corrected chi connectivity index (χ0v) is 41.7. The number of hydrogen-bond acceptors (Lipinski definition) is 16. The molecule has 21 saturated heterocycles. The summed E-state index contributed by atoms with van der Waals surface area (Å²) in [7, 11) is 0. The molecule has 21 heterocycles. The summed E-state index contributed by atoms with van der Waals surface area (Å²) in [6, 6.07) is -8.13. The number of hydrogen-bond donors (Lipinski definition) is 1.